The van der Waals surface area contributed by atoms with Crippen molar-refractivity contribution in [3.8, 4) is 0 Å². The van der Waals surface area contributed by atoms with Crippen LogP contribution in [-0.4, -0.2) is 6.26 Å². The molecule has 0 radical (unpaired) electrons. The van der Waals surface area contributed by atoms with Crippen molar-refractivity contribution < 1.29 is 0 Å². The molecule has 0 spiro atoms. The van der Waals surface area contributed by atoms with Gasteiger partial charge in [-0.15, -0.1) is 34.7 Å². The standard InChI is InChI=1S/C13H12BrClS2/c1-8-11(14)7-12(17-8)13(15)9-3-5-10(16-2)6-4-9/h3-7,13H,1-2H3. The summed E-state index contributed by atoms with van der Waals surface area (Å²) in [4.78, 5) is 3.72. The van der Waals surface area contributed by atoms with Gasteiger partial charge in [0.15, 0.2) is 0 Å². The molecule has 1 aromatic carbocycles. The van der Waals surface area contributed by atoms with Crippen LogP contribution in [0.2, 0.25) is 0 Å². The van der Waals surface area contributed by atoms with Gasteiger partial charge in [0.2, 0.25) is 0 Å². The maximum Gasteiger partial charge on any atom is 0.0928 e. The number of aryl methyl sites for hydroxylation is 1. The summed E-state index contributed by atoms with van der Waals surface area (Å²) >= 11 is 13.5. The van der Waals surface area contributed by atoms with Crippen LogP contribution >= 0.6 is 50.6 Å². The van der Waals surface area contributed by atoms with Crippen LogP contribution in [0.5, 0.6) is 0 Å². The molecule has 1 heterocycles. The number of thiophene rings is 1. The first kappa shape index (κ1) is 13.5. The minimum atomic E-state index is -0.0547. The highest BCUT2D eigenvalue weighted by Crippen LogP contribution is 2.37. The second-order valence-corrected chi connectivity index (χ2v) is 7.15. The number of hydrogen-bond donors (Lipinski definition) is 0. The molecule has 1 aromatic heterocycles. The van der Waals surface area contributed by atoms with Gasteiger partial charge in [-0.1, -0.05) is 12.1 Å². The molecule has 1 unspecified atom stereocenters. The van der Waals surface area contributed by atoms with Crippen molar-refractivity contribution in [3.05, 3.63) is 50.1 Å². The molecule has 2 rings (SSSR count). The molecule has 0 aliphatic carbocycles. The number of benzene rings is 1. The van der Waals surface area contributed by atoms with Crippen molar-refractivity contribution in [2.45, 2.75) is 17.2 Å². The lowest BCUT2D eigenvalue weighted by Gasteiger charge is -2.08. The van der Waals surface area contributed by atoms with Gasteiger partial charge < -0.3 is 0 Å². The van der Waals surface area contributed by atoms with E-state index < -0.39 is 0 Å². The van der Waals surface area contributed by atoms with Gasteiger partial charge in [0.1, 0.15) is 0 Å². The van der Waals surface area contributed by atoms with Gasteiger partial charge in [0.05, 0.1) is 5.38 Å². The van der Waals surface area contributed by atoms with Crippen molar-refractivity contribution >= 4 is 50.6 Å². The topological polar surface area (TPSA) is 0 Å². The number of thioether (sulfide) groups is 1. The van der Waals surface area contributed by atoms with Crippen LogP contribution < -0.4 is 0 Å². The Morgan fingerprint density at radius 2 is 1.94 bits per heavy atom. The van der Waals surface area contributed by atoms with Gasteiger partial charge in [-0.3, -0.25) is 0 Å². The van der Waals surface area contributed by atoms with E-state index in [0.29, 0.717) is 0 Å². The summed E-state index contributed by atoms with van der Waals surface area (Å²) in [6, 6.07) is 10.6. The zero-order valence-electron chi connectivity index (χ0n) is 9.54. The van der Waals surface area contributed by atoms with E-state index in [1.807, 2.05) is 0 Å². The molecule has 0 bridgehead atoms. The Labute approximate surface area is 124 Å². The monoisotopic (exact) mass is 346 g/mol. The fraction of sp³-hybridized carbons (Fsp3) is 0.231. The van der Waals surface area contributed by atoms with Crippen LogP contribution in [0, 0.1) is 6.92 Å². The Morgan fingerprint density at radius 3 is 2.41 bits per heavy atom. The van der Waals surface area contributed by atoms with E-state index in [0.717, 1.165) is 10.0 Å². The molecule has 2 aromatic rings. The highest BCUT2D eigenvalue weighted by Gasteiger charge is 2.14. The largest absolute Gasteiger partial charge is 0.143 e. The molecular formula is C13H12BrClS2. The zero-order chi connectivity index (χ0) is 12.4. The van der Waals surface area contributed by atoms with Gasteiger partial charge in [0.25, 0.3) is 0 Å². The maximum atomic E-state index is 6.50. The first-order chi connectivity index (χ1) is 8.11. The average Bonchev–Trinajstić information content (AvgIpc) is 2.69. The minimum Gasteiger partial charge on any atom is -0.143 e. The predicted octanol–water partition coefficient (Wildman–Crippen LogP) is 5.87. The highest BCUT2D eigenvalue weighted by molar-refractivity contribution is 9.10. The van der Waals surface area contributed by atoms with Crippen molar-refractivity contribution in [1.29, 1.82) is 0 Å². The number of hydrogen-bond acceptors (Lipinski definition) is 2. The Balaban J connectivity index is 2.26. The van der Waals surface area contributed by atoms with Crippen LogP contribution in [0.15, 0.2) is 39.7 Å². The molecule has 0 saturated heterocycles. The fourth-order valence-corrected chi connectivity index (χ4v) is 3.86. The summed E-state index contributed by atoms with van der Waals surface area (Å²) in [6.07, 6.45) is 2.08. The van der Waals surface area contributed by atoms with Crippen molar-refractivity contribution in [3.63, 3.8) is 0 Å². The molecule has 0 aliphatic heterocycles. The van der Waals surface area contributed by atoms with E-state index in [1.165, 1.54) is 14.6 Å². The molecule has 17 heavy (non-hydrogen) atoms. The summed E-state index contributed by atoms with van der Waals surface area (Å²) < 4.78 is 1.14. The molecular weight excluding hydrogens is 336 g/mol. The van der Waals surface area contributed by atoms with Gasteiger partial charge >= 0.3 is 0 Å². The molecule has 4 heteroatoms. The van der Waals surface area contributed by atoms with E-state index >= 15 is 0 Å². The van der Waals surface area contributed by atoms with E-state index in [4.69, 9.17) is 11.6 Å². The number of halogens is 2. The first-order valence-electron chi connectivity index (χ1n) is 5.15. The van der Waals surface area contributed by atoms with Crippen molar-refractivity contribution in [1.82, 2.24) is 0 Å². The normalized spacial score (nSPS) is 12.7. The Kier molecular flexibility index (Phi) is 4.59. The molecule has 0 nitrogen and oxygen atoms in total. The lowest BCUT2D eigenvalue weighted by Crippen LogP contribution is -1.89. The third-order valence-corrected chi connectivity index (χ3v) is 6.10. The van der Waals surface area contributed by atoms with Gasteiger partial charge in [-0.2, -0.15) is 0 Å². The summed E-state index contributed by atoms with van der Waals surface area (Å²) in [5, 5.41) is -0.0547. The van der Waals surface area contributed by atoms with E-state index in [-0.39, 0.29) is 5.38 Å². The Hall–Kier alpha value is 0.0400. The second kappa shape index (κ2) is 5.79. The summed E-state index contributed by atoms with van der Waals surface area (Å²) in [7, 11) is 0. The summed E-state index contributed by atoms with van der Waals surface area (Å²) in [6.45, 7) is 2.10. The zero-order valence-corrected chi connectivity index (χ0v) is 13.5. The lowest BCUT2D eigenvalue weighted by atomic mass is 10.1. The van der Waals surface area contributed by atoms with E-state index in [9.17, 15) is 0 Å². The van der Waals surface area contributed by atoms with Crippen LogP contribution in [0.25, 0.3) is 0 Å². The van der Waals surface area contributed by atoms with Crippen LogP contribution in [0.4, 0.5) is 0 Å². The van der Waals surface area contributed by atoms with Gasteiger partial charge in [0, 0.05) is 19.1 Å². The van der Waals surface area contributed by atoms with Gasteiger partial charge in [-0.25, -0.2) is 0 Å². The molecule has 0 N–H and O–H groups in total. The average molecular weight is 348 g/mol. The van der Waals surface area contributed by atoms with Crippen LogP contribution in [0.3, 0.4) is 0 Å². The number of rotatable bonds is 3. The Morgan fingerprint density at radius 1 is 1.29 bits per heavy atom. The SMILES string of the molecule is CSc1ccc(C(Cl)c2cc(Br)c(C)s2)cc1. The molecule has 0 aliphatic rings. The molecule has 0 fully saturated rings. The minimum absolute atomic E-state index is 0.0547. The van der Waals surface area contributed by atoms with E-state index in [2.05, 4.69) is 59.4 Å². The van der Waals surface area contributed by atoms with E-state index in [1.54, 1.807) is 23.1 Å². The summed E-state index contributed by atoms with van der Waals surface area (Å²) in [5.41, 5.74) is 1.15. The highest BCUT2D eigenvalue weighted by atomic mass is 79.9. The molecule has 1 atom stereocenters. The molecule has 0 saturated carbocycles. The number of alkyl halides is 1. The lowest BCUT2D eigenvalue weighted by molar-refractivity contribution is 1.17. The third-order valence-electron chi connectivity index (χ3n) is 2.53. The predicted molar refractivity (Wildman–Crippen MR) is 82.7 cm³/mol. The van der Waals surface area contributed by atoms with Crippen LogP contribution in [-0.2, 0) is 0 Å². The fourth-order valence-electron chi connectivity index (χ4n) is 1.54. The van der Waals surface area contributed by atoms with Gasteiger partial charge in [-0.05, 0) is 52.9 Å². The molecule has 0 amide bonds. The first-order valence-corrected chi connectivity index (χ1v) is 8.42. The summed E-state index contributed by atoms with van der Waals surface area (Å²) in [5.74, 6) is 0. The quantitative estimate of drug-likeness (QED) is 0.494. The molecule has 90 valence electrons. The van der Waals surface area contributed by atoms with Crippen molar-refractivity contribution in [2.75, 3.05) is 6.26 Å². The smallest absolute Gasteiger partial charge is 0.0928 e. The van der Waals surface area contributed by atoms with Crippen LogP contribution in [0.1, 0.15) is 20.7 Å². The maximum absolute atomic E-state index is 6.50. The third kappa shape index (κ3) is 3.08. The Bertz CT molecular complexity index is 485. The second-order valence-electron chi connectivity index (χ2n) is 3.69. The van der Waals surface area contributed by atoms with Crippen molar-refractivity contribution in [2.24, 2.45) is 0 Å².